The molecule has 13 nitrogen and oxygen atoms in total. The van der Waals surface area contributed by atoms with E-state index in [-0.39, 0.29) is 37.2 Å². The summed E-state index contributed by atoms with van der Waals surface area (Å²) in [6.45, 7) is 8.35. The Hall–Kier alpha value is -3.37. The molecule has 0 radical (unpaired) electrons. The summed E-state index contributed by atoms with van der Waals surface area (Å²) in [7, 11) is 3.73. The van der Waals surface area contributed by atoms with E-state index in [2.05, 4.69) is 20.9 Å². The highest BCUT2D eigenvalue weighted by Gasteiger charge is 2.36. The van der Waals surface area contributed by atoms with Gasteiger partial charge in [-0.15, -0.1) is 0 Å². The number of anilines is 1. The fraction of sp³-hybridized carbons (Fsp3) is 0.731. The number of ether oxygens (including phenoxy) is 3. The van der Waals surface area contributed by atoms with Crippen LogP contribution in [0, 0.1) is 11.3 Å². The number of likely N-dealkylation sites (N-methyl/N-ethyl adjacent to an activating group) is 1. The van der Waals surface area contributed by atoms with E-state index >= 15 is 0 Å². The lowest BCUT2D eigenvalue weighted by molar-refractivity contribution is 0.0144. The fourth-order valence-electron chi connectivity index (χ4n) is 5.33. The predicted octanol–water partition coefficient (Wildman–Crippen LogP) is 1.95. The van der Waals surface area contributed by atoms with Crippen molar-refractivity contribution in [2.24, 2.45) is 0 Å². The molecule has 3 aliphatic heterocycles. The molecule has 2 amide bonds. The van der Waals surface area contributed by atoms with Gasteiger partial charge in [0.1, 0.15) is 18.0 Å². The molecule has 2 saturated heterocycles. The molecule has 0 saturated carbocycles. The van der Waals surface area contributed by atoms with Crippen molar-refractivity contribution in [1.82, 2.24) is 24.7 Å². The second-order valence-corrected chi connectivity index (χ2v) is 11.3. The van der Waals surface area contributed by atoms with Crippen molar-refractivity contribution >= 4 is 18.0 Å². The monoisotopic (exact) mass is 545 g/mol. The third-order valence-electron chi connectivity index (χ3n) is 7.42. The number of nitrogens with zero attached hydrogens (tertiary/aromatic N) is 7. The Bertz CT molecular complexity index is 1100. The molecule has 3 aliphatic rings. The second kappa shape index (κ2) is 11.8. The van der Waals surface area contributed by atoms with Crippen molar-refractivity contribution in [1.29, 1.82) is 5.26 Å². The van der Waals surface area contributed by atoms with Gasteiger partial charge in [-0.2, -0.15) is 15.2 Å². The van der Waals surface area contributed by atoms with Crippen molar-refractivity contribution in [3.05, 3.63) is 11.3 Å². The second-order valence-electron chi connectivity index (χ2n) is 11.3. The minimum atomic E-state index is -0.999. The van der Waals surface area contributed by atoms with E-state index in [4.69, 9.17) is 19.2 Å². The first-order valence-corrected chi connectivity index (χ1v) is 13.3. The number of carbonyl (C=O) groups is 2. The number of aromatic nitrogens is 2. The van der Waals surface area contributed by atoms with Gasteiger partial charge in [0.05, 0.1) is 36.9 Å². The zero-order valence-corrected chi connectivity index (χ0v) is 23.4. The van der Waals surface area contributed by atoms with E-state index in [1.165, 1.54) is 4.90 Å². The number of hydrogen-bond acceptors (Lipinski definition) is 10. The first-order chi connectivity index (χ1) is 18.5. The zero-order valence-electron chi connectivity index (χ0n) is 23.4. The van der Waals surface area contributed by atoms with Crippen LogP contribution in [0.1, 0.15) is 44.9 Å². The topological polar surface area (TPSA) is 145 Å². The molecular formula is C26H39N7O6. The number of fused-ring (bicyclic) bond motifs is 1. The molecule has 2 fully saturated rings. The summed E-state index contributed by atoms with van der Waals surface area (Å²) in [6.07, 6.45) is 0.150. The normalized spacial score (nSPS) is 23.8. The number of carboxylic acid groups (broad SMARTS) is 1. The number of piperazine rings is 1. The Morgan fingerprint density at radius 2 is 1.92 bits per heavy atom. The smallest absolute Gasteiger partial charge is 0.410 e. The van der Waals surface area contributed by atoms with E-state index < -0.39 is 17.8 Å². The van der Waals surface area contributed by atoms with Gasteiger partial charge in [-0.25, -0.2) is 9.59 Å². The van der Waals surface area contributed by atoms with Crippen LogP contribution in [0.15, 0.2) is 0 Å². The minimum absolute atomic E-state index is 0.144. The number of methoxy groups -OCH3 is 1. The molecule has 1 aromatic rings. The van der Waals surface area contributed by atoms with Gasteiger partial charge < -0.3 is 34.0 Å². The van der Waals surface area contributed by atoms with Gasteiger partial charge in [0, 0.05) is 51.4 Å². The van der Waals surface area contributed by atoms with E-state index in [0.29, 0.717) is 50.7 Å². The third kappa shape index (κ3) is 6.80. The molecule has 13 heteroatoms. The highest BCUT2D eigenvalue weighted by Crippen LogP contribution is 2.31. The molecule has 0 aromatic carbocycles. The number of hydrogen-bond donors (Lipinski definition) is 1. The Labute approximate surface area is 229 Å². The lowest BCUT2D eigenvalue weighted by atomic mass is 10.0. The summed E-state index contributed by atoms with van der Waals surface area (Å²) in [5.74, 6) is 0.668. The van der Waals surface area contributed by atoms with Gasteiger partial charge >= 0.3 is 18.2 Å². The average Bonchev–Trinajstić information content (AvgIpc) is 3.25. The van der Waals surface area contributed by atoms with Crippen LogP contribution in [0.25, 0.3) is 0 Å². The van der Waals surface area contributed by atoms with Gasteiger partial charge in [0.15, 0.2) is 0 Å². The molecule has 214 valence electrons. The third-order valence-corrected chi connectivity index (χ3v) is 7.42. The number of rotatable bonds is 6. The summed E-state index contributed by atoms with van der Waals surface area (Å²) >= 11 is 0. The van der Waals surface area contributed by atoms with E-state index in [1.807, 2.05) is 27.8 Å². The molecular weight excluding hydrogens is 506 g/mol. The summed E-state index contributed by atoms with van der Waals surface area (Å²) < 4.78 is 17.2. The molecule has 0 unspecified atom stereocenters. The number of likely N-dealkylation sites (tertiary alicyclic amines) is 1. The Balaban J connectivity index is 1.58. The molecule has 1 aromatic heterocycles. The molecule has 0 spiro atoms. The van der Waals surface area contributed by atoms with E-state index in [9.17, 15) is 20.0 Å². The van der Waals surface area contributed by atoms with Crippen LogP contribution in [0.5, 0.6) is 6.01 Å². The Morgan fingerprint density at radius 3 is 2.56 bits per heavy atom. The van der Waals surface area contributed by atoms with E-state index in [1.54, 1.807) is 12.0 Å². The highest BCUT2D eigenvalue weighted by molar-refractivity contribution is 5.69. The van der Waals surface area contributed by atoms with Crippen LogP contribution in [0.4, 0.5) is 15.4 Å². The first-order valence-electron chi connectivity index (χ1n) is 13.3. The van der Waals surface area contributed by atoms with Crippen molar-refractivity contribution in [2.75, 3.05) is 58.4 Å². The number of amides is 2. The lowest BCUT2D eigenvalue weighted by Gasteiger charge is -2.42. The van der Waals surface area contributed by atoms with Gasteiger partial charge in [-0.3, -0.25) is 4.90 Å². The van der Waals surface area contributed by atoms with Gasteiger partial charge in [-0.05, 0) is 40.7 Å². The summed E-state index contributed by atoms with van der Waals surface area (Å²) in [6, 6.07) is 2.14. The Kier molecular flexibility index (Phi) is 8.66. The average molecular weight is 546 g/mol. The SMILES string of the molecule is CO[C@@H]1C[C@@H](COc2nc3c(c(N4CCN(C(=O)OC(C)(C)C)[C@@H](CC#N)C4)n2)CCN(C(=O)O)C3)N(C)C1. The number of nitriles is 1. The zero-order chi connectivity index (χ0) is 28.3. The summed E-state index contributed by atoms with van der Waals surface area (Å²) in [5, 5.41) is 19.1. The fourth-order valence-corrected chi connectivity index (χ4v) is 5.33. The first kappa shape index (κ1) is 28.6. The maximum atomic E-state index is 12.9. The van der Waals surface area contributed by atoms with Gasteiger partial charge in [0.2, 0.25) is 0 Å². The van der Waals surface area contributed by atoms with Gasteiger partial charge in [-0.1, -0.05) is 0 Å². The van der Waals surface area contributed by atoms with E-state index in [0.717, 1.165) is 18.5 Å². The van der Waals surface area contributed by atoms with Crippen molar-refractivity contribution in [2.45, 2.75) is 70.4 Å². The van der Waals surface area contributed by atoms with Crippen molar-refractivity contribution in [3.8, 4) is 12.1 Å². The molecule has 4 rings (SSSR count). The van der Waals surface area contributed by atoms with Crippen molar-refractivity contribution < 1.29 is 28.9 Å². The molecule has 0 bridgehead atoms. The summed E-state index contributed by atoms with van der Waals surface area (Å²) in [5.41, 5.74) is 0.846. The molecule has 39 heavy (non-hydrogen) atoms. The van der Waals surface area contributed by atoms with Crippen LogP contribution in [-0.2, 0) is 22.4 Å². The lowest BCUT2D eigenvalue weighted by Crippen LogP contribution is -2.56. The van der Waals surface area contributed by atoms with Crippen molar-refractivity contribution in [3.63, 3.8) is 0 Å². The highest BCUT2D eigenvalue weighted by atomic mass is 16.6. The van der Waals surface area contributed by atoms with Crippen LogP contribution < -0.4 is 9.64 Å². The van der Waals surface area contributed by atoms with Crippen LogP contribution in [0.3, 0.4) is 0 Å². The quantitative estimate of drug-likeness (QED) is 0.560. The van der Waals surface area contributed by atoms with Crippen LogP contribution >= 0.6 is 0 Å². The molecule has 0 aliphatic carbocycles. The minimum Gasteiger partial charge on any atom is -0.465 e. The molecule has 1 N–H and O–H groups in total. The molecule has 4 heterocycles. The van der Waals surface area contributed by atoms with Crippen LogP contribution in [-0.4, -0.2) is 119 Å². The maximum absolute atomic E-state index is 12.9. The Morgan fingerprint density at radius 1 is 1.15 bits per heavy atom. The standard InChI is InChI=1S/C26H39N7O6/c1-26(2,3)39-25(36)33-11-10-31(13-17(33)6-8-27)22-20-7-9-32(24(34)35)15-21(20)28-23(29-22)38-16-18-12-19(37-5)14-30(18)4/h17-19H,6-7,9-16H2,1-5H3,(H,34,35)/t17-,18-,19+/m0/s1. The summed E-state index contributed by atoms with van der Waals surface area (Å²) in [4.78, 5) is 41.1. The number of carbonyl (C=O) groups excluding carboxylic acids is 1. The predicted molar refractivity (Wildman–Crippen MR) is 141 cm³/mol. The maximum Gasteiger partial charge on any atom is 0.410 e. The molecule has 3 atom stereocenters. The van der Waals surface area contributed by atoms with Gasteiger partial charge in [0.25, 0.3) is 0 Å². The van der Waals surface area contributed by atoms with Crippen LogP contribution in [0.2, 0.25) is 0 Å². The largest absolute Gasteiger partial charge is 0.465 e.